The van der Waals surface area contributed by atoms with Gasteiger partial charge >= 0.3 is 15.6 Å². The quantitative estimate of drug-likeness (QED) is 0.0886. The fourth-order valence-electron chi connectivity index (χ4n) is 4.53. The largest absolute Gasteiger partial charge is 0.473 e. The minimum Gasteiger partial charge on any atom is -0.459 e. The van der Waals surface area contributed by atoms with Crippen molar-refractivity contribution in [2.24, 2.45) is 0 Å². The number of hydrogen-bond donors (Lipinski definition) is 5. The van der Waals surface area contributed by atoms with Gasteiger partial charge in [-0.1, -0.05) is 12.1 Å². The molecular formula is C29H33N7O10P2. The average Bonchev–Trinajstić information content (AvgIpc) is 3.28. The number of hydrogen-bond acceptors (Lipinski definition) is 12. The van der Waals surface area contributed by atoms with Crippen LogP contribution in [0.3, 0.4) is 0 Å². The standard InChI is InChI=1S/C29H33N7O10P2/c1-19-22(21-7-4-8-23(26(21)45-19)35-47(39,40)43-13-5-11-30)17-36(3)25(37)10-9-20-15-24-27(32-16-20)34-28(38)29(2,18-33-24)46-48(41,42)44-14-6-12-31/h4,7-10,15-16,33H,5-6,13-14,17-18H2,1-3H3,(H,41,42)(H,32,34,38)(H2,35,39,40)/b10-9+/t29-/m1/s1. The maximum Gasteiger partial charge on any atom is 0.473 e. The van der Waals surface area contributed by atoms with Crippen LogP contribution >= 0.6 is 15.6 Å². The Morgan fingerprint density at radius 1 is 1.23 bits per heavy atom. The van der Waals surface area contributed by atoms with Gasteiger partial charge in [-0.3, -0.25) is 28.2 Å². The van der Waals surface area contributed by atoms with Crippen LogP contribution in [0, 0.1) is 29.6 Å². The molecule has 0 saturated heterocycles. The minimum atomic E-state index is -4.67. The summed E-state index contributed by atoms with van der Waals surface area (Å²) in [5, 5.41) is 25.8. The van der Waals surface area contributed by atoms with E-state index in [4.69, 9.17) is 28.5 Å². The summed E-state index contributed by atoms with van der Waals surface area (Å²) in [6.45, 7) is 2.34. The van der Waals surface area contributed by atoms with Crippen LogP contribution in [0.2, 0.25) is 0 Å². The molecule has 1 aliphatic heterocycles. The molecule has 5 N–H and O–H groups in total. The van der Waals surface area contributed by atoms with E-state index in [9.17, 15) is 28.5 Å². The number of phosphoric ester groups is 1. The van der Waals surface area contributed by atoms with Gasteiger partial charge in [-0.25, -0.2) is 14.1 Å². The van der Waals surface area contributed by atoms with Crippen LogP contribution in [0.5, 0.6) is 0 Å². The molecule has 3 aromatic rings. The fourth-order valence-corrected chi connectivity index (χ4v) is 6.45. The summed E-state index contributed by atoms with van der Waals surface area (Å²) < 4.78 is 45.5. The number of amides is 2. The number of rotatable bonds is 14. The highest BCUT2D eigenvalue weighted by Crippen LogP contribution is 2.48. The number of benzene rings is 1. The first kappa shape index (κ1) is 36.3. The van der Waals surface area contributed by atoms with Crippen molar-refractivity contribution in [3.8, 4) is 12.1 Å². The molecule has 0 spiro atoms. The van der Waals surface area contributed by atoms with E-state index in [1.165, 1.54) is 30.2 Å². The molecule has 3 atom stereocenters. The summed E-state index contributed by atoms with van der Waals surface area (Å²) in [5.41, 5.74) is 0.216. The SMILES string of the molecule is Cc1oc2c(NP(=O)(O)OCCC#N)cccc2c1CN(C)C(=O)/C=C/c1cnc2c(c1)NC[C@@](C)(OP(=O)(O)OCCC#N)C(=O)N2. The van der Waals surface area contributed by atoms with Gasteiger partial charge in [0.05, 0.1) is 56.1 Å². The van der Waals surface area contributed by atoms with Crippen molar-refractivity contribution < 1.29 is 46.5 Å². The molecule has 2 unspecified atom stereocenters. The van der Waals surface area contributed by atoms with Crippen molar-refractivity contribution in [1.82, 2.24) is 9.88 Å². The molecule has 17 nitrogen and oxygen atoms in total. The number of fused-ring (bicyclic) bond motifs is 2. The lowest BCUT2D eigenvalue weighted by Gasteiger charge is -2.27. The second-order valence-electron chi connectivity index (χ2n) is 10.7. The topological polar surface area (TPSA) is 249 Å². The monoisotopic (exact) mass is 701 g/mol. The highest BCUT2D eigenvalue weighted by atomic mass is 31.2. The minimum absolute atomic E-state index is 0.0544. The number of pyridine rings is 1. The molecule has 19 heteroatoms. The van der Waals surface area contributed by atoms with E-state index < -0.39 is 27.1 Å². The number of carbonyl (C=O) groups is 2. The van der Waals surface area contributed by atoms with Crippen molar-refractivity contribution in [2.45, 2.75) is 38.8 Å². The molecular weight excluding hydrogens is 668 g/mol. The van der Waals surface area contributed by atoms with Crippen molar-refractivity contribution in [3.05, 3.63) is 53.4 Å². The van der Waals surface area contributed by atoms with Crippen LogP contribution in [-0.4, -0.2) is 63.9 Å². The number of furan rings is 1. The molecule has 254 valence electrons. The molecule has 2 amide bonds. The fraction of sp³-hybridized carbons (Fsp3) is 0.345. The Morgan fingerprint density at radius 3 is 2.65 bits per heavy atom. The Hall–Kier alpha value is -4.57. The van der Waals surface area contributed by atoms with Crippen LogP contribution in [0.4, 0.5) is 17.2 Å². The van der Waals surface area contributed by atoms with Crippen molar-refractivity contribution >= 4 is 61.6 Å². The second kappa shape index (κ2) is 15.1. The maximum absolute atomic E-state index is 13.1. The molecule has 0 radical (unpaired) electrons. The second-order valence-corrected chi connectivity index (χ2v) is 13.6. The van der Waals surface area contributed by atoms with Crippen LogP contribution < -0.4 is 15.7 Å². The first-order chi connectivity index (χ1) is 22.7. The summed E-state index contributed by atoms with van der Waals surface area (Å²) in [5.74, 6) is -0.491. The van der Waals surface area contributed by atoms with Gasteiger partial charge in [0.25, 0.3) is 5.91 Å². The molecule has 0 fully saturated rings. The highest BCUT2D eigenvalue weighted by Gasteiger charge is 2.44. The van der Waals surface area contributed by atoms with E-state index >= 15 is 0 Å². The molecule has 4 rings (SSSR count). The van der Waals surface area contributed by atoms with E-state index in [1.54, 1.807) is 44.3 Å². The smallest absolute Gasteiger partial charge is 0.459 e. The van der Waals surface area contributed by atoms with E-state index in [1.807, 2.05) is 6.07 Å². The Bertz CT molecular complexity index is 1920. The van der Waals surface area contributed by atoms with E-state index in [0.29, 0.717) is 33.5 Å². The van der Waals surface area contributed by atoms with Crippen LogP contribution in [0.15, 0.2) is 41.0 Å². The first-order valence-corrected chi connectivity index (χ1v) is 17.4. The molecule has 1 aromatic carbocycles. The number of phosphoric acid groups is 1. The van der Waals surface area contributed by atoms with Gasteiger partial charge in [0.15, 0.2) is 17.0 Å². The molecule has 0 aliphatic carbocycles. The van der Waals surface area contributed by atoms with Crippen LogP contribution in [0.1, 0.15) is 36.7 Å². The molecule has 1 aliphatic rings. The molecule has 48 heavy (non-hydrogen) atoms. The number of nitrogens with one attached hydrogen (secondary N) is 3. The lowest BCUT2D eigenvalue weighted by molar-refractivity contribution is -0.130. The average molecular weight is 702 g/mol. The van der Waals surface area contributed by atoms with Gasteiger partial charge in [-0.15, -0.1) is 0 Å². The van der Waals surface area contributed by atoms with E-state index in [2.05, 4.69) is 20.7 Å². The van der Waals surface area contributed by atoms with Crippen LogP contribution in [-0.2, 0) is 38.8 Å². The number of nitriles is 2. The number of aromatic nitrogens is 1. The molecule has 0 bridgehead atoms. The predicted molar refractivity (Wildman–Crippen MR) is 173 cm³/mol. The zero-order valence-corrected chi connectivity index (χ0v) is 27.9. The third-order valence-corrected chi connectivity index (χ3v) is 9.17. The maximum atomic E-state index is 13.1. The van der Waals surface area contributed by atoms with E-state index in [0.717, 1.165) is 0 Å². The number of nitrogens with zero attached hydrogens (tertiary/aromatic N) is 4. The Balaban J connectivity index is 1.43. The Kier molecular flexibility index (Phi) is 11.4. The molecule has 2 aromatic heterocycles. The number of aryl methyl sites for hydroxylation is 1. The summed E-state index contributed by atoms with van der Waals surface area (Å²) in [6, 6.07) is 10.2. The number of carbonyl (C=O) groups excluding carboxylic acids is 2. The number of likely N-dealkylation sites (N-methyl/N-ethyl adjacent to an activating group) is 1. The summed E-state index contributed by atoms with van der Waals surface area (Å²) in [4.78, 5) is 51.8. The zero-order chi connectivity index (χ0) is 35.1. The van der Waals surface area contributed by atoms with Gasteiger partial charge in [0, 0.05) is 36.8 Å². The first-order valence-electron chi connectivity index (χ1n) is 14.3. The van der Waals surface area contributed by atoms with E-state index in [-0.39, 0.29) is 56.6 Å². The van der Waals surface area contributed by atoms with Crippen molar-refractivity contribution in [1.29, 1.82) is 10.5 Å². The molecule has 0 saturated carbocycles. The zero-order valence-electron chi connectivity index (χ0n) is 26.1. The van der Waals surface area contributed by atoms with Crippen LogP contribution in [0.25, 0.3) is 17.0 Å². The lowest BCUT2D eigenvalue weighted by atomic mass is 10.1. The molecule has 3 heterocycles. The van der Waals surface area contributed by atoms with Gasteiger partial charge < -0.3 is 29.7 Å². The highest BCUT2D eigenvalue weighted by molar-refractivity contribution is 7.54. The summed E-state index contributed by atoms with van der Waals surface area (Å²) >= 11 is 0. The number of anilines is 3. The van der Waals surface area contributed by atoms with Gasteiger partial charge in [-0.05, 0) is 37.6 Å². The third-order valence-electron chi connectivity index (χ3n) is 6.97. The third kappa shape index (κ3) is 9.07. The van der Waals surface area contributed by atoms with Crippen molar-refractivity contribution in [2.75, 3.05) is 42.5 Å². The summed E-state index contributed by atoms with van der Waals surface area (Å²) in [6.07, 6.45) is 4.08. The summed E-state index contributed by atoms with van der Waals surface area (Å²) in [7, 11) is -7.36. The van der Waals surface area contributed by atoms with Gasteiger partial charge in [-0.2, -0.15) is 10.5 Å². The lowest BCUT2D eigenvalue weighted by Crippen LogP contribution is -2.46. The van der Waals surface area contributed by atoms with Gasteiger partial charge in [0.1, 0.15) is 5.76 Å². The predicted octanol–water partition coefficient (Wildman–Crippen LogP) is 4.42. The normalized spacial score (nSPS) is 18.4. The number of para-hydroxylation sites is 1. The Morgan fingerprint density at radius 2 is 1.94 bits per heavy atom. The Labute approximate surface area is 275 Å². The van der Waals surface area contributed by atoms with Gasteiger partial charge in [0.2, 0.25) is 5.91 Å². The van der Waals surface area contributed by atoms with Crippen molar-refractivity contribution in [3.63, 3.8) is 0 Å².